The summed E-state index contributed by atoms with van der Waals surface area (Å²) in [6.45, 7) is 0.750. The summed E-state index contributed by atoms with van der Waals surface area (Å²) in [5, 5.41) is 25.2. The number of carboxylic acid groups (broad SMARTS) is 1. The minimum atomic E-state index is -0.975. The van der Waals surface area contributed by atoms with Gasteiger partial charge in [-0.1, -0.05) is 36.4 Å². The van der Waals surface area contributed by atoms with Crippen LogP contribution in [0, 0.1) is 11.3 Å². The molecule has 2 heterocycles. The van der Waals surface area contributed by atoms with E-state index in [1.165, 1.54) is 10.5 Å². The average Bonchev–Trinajstić information content (AvgIpc) is 3.21. The van der Waals surface area contributed by atoms with Crippen LogP contribution in [0.2, 0.25) is 0 Å². The van der Waals surface area contributed by atoms with E-state index in [9.17, 15) is 14.7 Å². The summed E-state index contributed by atoms with van der Waals surface area (Å²) >= 11 is 1.70. The molecule has 1 fully saturated rings. The molecule has 3 aromatic rings. The Morgan fingerprint density at radius 2 is 1.87 bits per heavy atom. The van der Waals surface area contributed by atoms with Crippen LogP contribution < -0.4 is 10.5 Å². The Labute approximate surface area is 225 Å². The van der Waals surface area contributed by atoms with Crippen LogP contribution in [-0.2, 0) is 16.0 Å². The van der Waals surface area contributed by atoms with Crippen molar-refractivity contribution in [2.45, 2.75) is 36.6 Å². The van der Waals surface area contributed by atoms with E-state index in [4.69, 9.17) is 15.9 Å². The molecule has 38 heavy (non-hydrogen) atoms. The van der Waals surface area contributed by atoms with Gasteiger partial charge in [0.1, 0.15) is 12.4 Å². The molecule has 198 valence electrons. The Bertz CT molecular complexity index is 1270. The molecule has 9 nitrogen and oxygen atoms in total. The second kappa shape index (κ2) is 12.6. The van der Waals surface area contributed by atoms with Crippen molar-refractivity contribution in [1.29, 1.82) is 5.41 Å². The zero-order chi connectivity index (χ0) is 27.1. The molecule has 2 atom stereocenters. The van der Waals surface area contributed by atoms with Crippen molar-refractivity contribution in [2.75, 3.05) is 19.4 Å². The zero-order valence-electron chi connectivity index (χ0n) is 21.2. The lowest BCUT2D eigenvalue weighted by Gasteiger charge is -2.24. The van der Waals surface area contributed by atoms with Crippen molar-refractivity contribution in [1.82, 2.24) is 15.1 Å². The first kappa shape index (κ1) is 27.1. The zero-order valence-corrected chi connectivity index (χ0v) is 22.0. The number of rotatable bonds is 12. The summed E-state index contributed by atoms with van der Waals surface area (Å²) in [5.74, 6) is -1.32. The second-order valence-corrected chi connectivity index (χ2v) is 10.1. The van der Waals surface area contributed by atoms with Crippen LogP contribution in [0.15, 0.2) is 65.6 Å². The number of aryl methyl sites for hydroxylation is 1. The molecule has 10 heteroatoms. The maximum absolute atomic E-state index is 13.0. The maximum atomic E-state index is 13.0. The number of nitrogens with two attached hydrogens (primary N) is 1. The molecule has 0 unspecified atom stereocenters. The lowest BCUT2D eigenvalue weighted by Crippen LogP contribution is -2.38. The van der Waals surface area contributed by atoms with E-state index in [2.05, 4.69) is 34.5 Å². The van der Waals surface area contributed by atoms with Gasteiger partial charge in [0.25, 0.3) is 0 Å². The van der Waals surface area contributed by atoms with E-state index >= 15 is 0 Å². The van der Waals surface area contributed by atoms with Gasteiger partial charge in [0.15, 0.2) is 0 Å². The fraction of sp³-hybridized carbons (Fsp3) is 0.321. The smallest absolute Gasteiger partial charge is 0.304 e. The molecule has 0 radical (unpaired) electrons. The third-order valence-corrected chi connectivity index (χ3v) is 7.37. The van der Waals surface area contributed by atoms with Crippen LogP contribution in [0.5, 0.6) is 5.88 Å². The summed E-state index contributed by atoms with van der Waals surface area (Å²) in [6, 6.07) is 18.8. The summed E-state index contributed by atoms with van der Waals surface area (Å²) in [7, 11) is 0. The van der Waals surface area contributed by atoms with Crippen molar-refractivity contribution in [3.05, 3.63) is 71.8 Å². The third kappa shape index (κ3) is 6.89. The number of benzene rings is 2. The van der Waals surface area contributed by atoms with Gasteiger partial charge in [-0.15, -0.1) is 22.0 Å². The first-order valence-electron chi connectivity index (χ1n) is 12.4. The number of aromatic nitrogens is 2. The van der Waals surface area contributed by atoms with Gasteiger partial charge in [-0.05, 0) is 49.3 Å². The molecule has 1 aliphatic heterocycles. The van der Waals surface area contributed by atoms with Crippen LogP contribution in [0.1, 0.15) is 30.4 Å². The largest absolute Gasteiger partial charge is 0.481 e. The SMILES string of the molecule is CSc1ccc(CCCN2C(=O)[C@H](CC(=O)O)C[C@H]2COc2ccc(-c3ccc(C(=N)N)cc3)nn2)cc1. The van der Waals surface area contributed by atoms with Crippen LogP contribution in [0.25, 0.3) is 11.3 Å². The first-order valence-corrected chi connectivity index (χ1v) is 13.6. The molecule has 0 aliphatic carbocycles. The van der Waals surface area contributed by atoms with Gasteiger partial charge >= 0.3 is 5.97 Å². The number of thioether (sulfide) groups is 1. The molecule has 0 spiro atoms. The summed E-state index contributed by atoms with van der Waals surface area (Å²) in [5.41, 5.74) is 8.83. The van der Waals surface area contributed by atoms with Crippen molar-refractivity contribution in [3.63, 3.8) is 0 Å². The fourth-order valence-corrected chi connectivity index (χ4v) is 5.01. The number of hydrogen-bond donors (Lipinski definition) is 3. The van der Waals surface area contributed by atoms with Crippen LogP contribution in [0.4, 0.5) is 0 Å². The number of nitrogens with one attached hydrogen (secondary N) is 1. The predicted octanol–water partition coefficient (Wildman–Crippen LogP) is 3.85. The van der Waals surface area contributed by atoms with Crippen LogP contribution >= 0.6 is 11.8 Å². The van der Waals surface area contributed by atoms with Gasteiger partial charge in [0, 0.05) is 28.6 Å². The van der Waals surface area contributed by atoms with E-state index in [1.54, 1.807) is 40.9 Å². The second-order valence-electron chi connectivity index (χ2n) is 9.23. The van der Waals surface area contributed by atoms with E-state index in [0.717, 1.165) is 18.4 Å². The number of ether oxygens (including phenoxy) is 1. The Morgan fingerprint density at radius 1 is 1.13 bits per heavy atom. The molecule has 1 saturated heterocycles. The number of carbonyl (C=O) groups is 2. The number of amides is 1. The van der Waals surface area contributed by atoms with Gasteiger partial charge in [-0.3, -0.25) is 15.0 Å². The quantitative estimate of drug-likeness (QED) is 0.181. The molecule has 0 bridgehead atoms. The van der Waals surface area contributed by atoms with Gasteiger partial charge < -0.3 is 20.5 Å². The Kier molecular flexibility index (Phi) is 8.96. The van der Waals surface area contributed by atoms with E-state index in [1.807, 2.05) is 18.4 Å². The van der Waals surface area contributed by atoms with Crippen molar-refractivity contribution in [3.8, 4) is 17.1 Å². The fourth-order valence-electron chi connectivity index (χ4n) is 4.60. The summed E-state index contributed by atoms with van der Waals surface area (Å²) in [4.78, 5) is 27.3. The van der Waals surface area contributed by atoms with Crippen LogP contribution in [0.3, 0.4) is 0 Å². The standard InChI is InChI=1S/C28H31N5O4S/c1-38-23-10-4-18(5-11-23)3-2-14-33-22(15-21(28(33)36)16-26(34)35)17-37-25-13-12-24(31-32-25)19-6-8-20(9-7-19)27(29)30/h4-13,21-22H,2-3,14-17H2,1H3,(H3,29,30)(H,34,35)/t21-,22-/m0/s1. The highest BCUT2D eigenvalue weighted by atomic mass is 32.2. The van der Waals surface area contributed by atoms with Gasteiger partial charge in [0.2, 0.25) is 11.8 Å². The Balaban J connectivity index is 1.36. The lowest BCUT2D eigenvalue weighted by atomic mass is 10.0. The van der Waals surface area contributed by atoms with E-state index in [-0.39, 0.29) is 30.8 Å². The number of likely N-dealkylation sites (tertiary alicyclic amines) is 1. The van der Waals surface area contributed by atoms with E-state index < -0.39 is 11.9 Å². The highest BCUT2D eigenvalue weighted by Crippen LogP contribution is 2.29. The molecule has 4 N–H and O–H groups in total. The maximum Gasteiger partial charge on any atom is 0.304 e. The third-order valence-electron chi connectivity index (χ3n) is 6.63. The number of aliphatic carboxylic acids is 1. The first-order chi connectivity index (χ1) is 18.3. The Hall–Kier alpha value is -3.92. The molecule has 4 rings (SSSR count). The monoisotopic (exact) mass is 533 g/mol. The van der Waals surface area contributed by atoms with Crippen molar-refractivity contribution >= 4 is 29.5 Å². The number of amidine groups is 1. The highest BCUT2D eigenvalue weighted by Gasteiger charge is 2.40. The van der Waals surface area contributed by atoms with Gasteiger partial charge in [-0.25, -0.2) is 0 Å². The number of carbonyl (C=O) groups excluding carboxylic acids is 1. The van der Waals surface area contributed by atoms with Gasteiger partial charge in [-0.2, -0.15) is 0 Å². The topological polar surface area (TPSA) is 142 Å². The lowest BCUT2D eigenvalue weighted by molar-refractivity contribution is -0.142. The molecular weight excluding hydrogens is 502 g/mol. The Morgan fingerprint density at radius 3 is 2.47 bits per heavy atom. The number of carboxylic acids is 1. The number of hydrogen-bond acceptors (Lipinski definition) is 7. The minimum absolute atomic E-state index is 0.00114. The van der Waals surface area contributed by atoms with Crippen molar-refractivity contribution in [2.24, 2.45) is 11.7 Å². The summed E-state index contributed by atoms with van der Waals surface area (Å²) < 4.78 is 5.89. The number of nitrogen functional groups attached to an aromatic ring is 1. The number of nitrogens with zero attached hydrogens (tertiary/aromatic N) is 3. The van der Waals surface area contributed by atoms with Crippen molar-refractivity contribution < 1.29 is 19.4 Å². The molecule has 1 aromatic heterocycles. The molecule has 0 saturated carbocycles. The van der Waals surface area contributed by atoms with Crippen LogP contribution in [-0.4, -0.2) is 63.4 Å². The molecule has 1 aliphatic rings. The van der Waals surface area contributed by atoms with E-state index in [0.29, 0.717) is 30.1 Å². The molecule has 2 aromatic carbocycles. The normalized spacial score (nSPS) is 17.0. The average molecular weight is 534 g/mol. The van der Waals surface area contributed by atoms with Gasteiger partial charge in [0.05, 0.1) is 24.1 Å². The summed E-state index contributed by atoms with van der Waals surface area (Å²) in [6.07, 6.45) is 3.90. The highest BCUT2D eigenvalue weighted by molar-refractivity contribution is 7.98. The molecular formula is C28H31N5O4S. The molecule has 1 amide bonds. The minimum Gasteiger partial charge on any atom is -0.481 e. The predicted molar refractivity (Wildman–Crippen MR) is 146 cm³/mol.